The zero-order valence-corrected chi connectivity index (χ0v) is 7.06. The standard InChI is InChI=1S/C6H12NO3S/c8-3-1-6-5-7-2-4-11(6,9)10/h6-7H,1-5H2. The molecule has 1 unspecified atom stereocenters. The van der Waals surface area contributed by atoms with Crippen LogP contribution in [0.3, 0.4) is 0 Å². The molecule has 1 heterocycles. The summed E-state index contributed by atoms with van der Waals surface area (Å²) in [4.78, 5) is 0. The Kier molecular flexibility index (Phi) is 2.86. The van der Waals surface area contributed by atoms with Crippen LogP contribution in [0.1, 0.15) is 6.42 Å². The van der Waals surface area contributed by atoms with Gasteiger partial charge in [0.2, 0.25) is 0 Å². The predicted octanol–water partition coefficient (Wildman–Crippen LogP) is -0.806. The van der Waals surface area contributed by atoms with E-state index in [-0.39, 0.29) is 18.8 Å². The third-order valence-electron chi connectivity index (χ3n) is 1.88. The van der Waals surface area contributed by atoms with Crippen molar-refractivity contribution in [2.75, 3.05) is 25.4 Å². The van der Waals surface area contributed by atoms with Crippen molar-refractivity contribution >= 4 is 9.84 Å². The Bertz CT molecular complexity index is 210. The number of rotatable bonds is 2. The van der Waals surface area contributed by atoms with Crippen LogP contribution >= 0.6 is 0 Å². The summed E-state index contributed by atoms with van der Waals surface area (Å²) in [6, 6.07) is 0. The fourth-order valence-corrected chi connectivity index (χ4v) is 2.77. The van der Waals surface area contributed by atoms with Crippen molar-refractivity contribution in [2.45, 2.75) is 11.7 Å². The van der Waals surface area contributed by atoms with Gasteiger partial charge in [-0.15, -0.1) is 0 Å². The lowest BCUT2D eigenvalue weighted by atomic mass is 10.3. The highest BCUT2D eigenvalue weighted by atomic mass is 32.2. The minimum atomic E-state index is -2.95. The summed E-state index contributed by atoms with van der Waals surface area (Å²) in [5.41, 5.74) is 0. The minimum Gasteiger partial charge on any atom is -0.314 e. The SMILES string of the molecule is [O]CCC1CNCCS1(=O)=O. The summed E-state index contributed by atoms with van der Waals surface area (Å²) in [6.45, 7) is 0.674. The van der Waals surface area contributed by atoms with Crippen molar-refractivity contribution in [3.63, 3.8) is 0 Å². The molecule has 1 N–H and O–H groups in total. The topological polar surface area (TPSA) is 66.1 Å². The van der Waals surface area contributed by atoms with Gasteiger partial charge in [-0.2, -0.15) is 0 Å². The molecule has 0 aromatic rings. The fraction of sp³-hybridized carbons (Fsp3) is 1.00. The zero-order valence-electron chi connectivity index (χ0n) is 6.25. The predicted molar refractivity (Wildman–Crippen MR) is 40.6 cm³/mol. The maximum atomic E-state index is 11.2. The van der Waals surface area contributed by atoms with Gasteiger partial charge in [0.05, 0.1) is 17.6 Å². The molecule has 1 atom stereocenters. The van der Waals surface area contributed by atoms with E-state index in [9.17, 15) is 13.5 Å². The van der Waals surface area contributed by atoms with Crippen molar-refractivity contribution in [3.05, 3.63) is 0 Å². The third-order valence-corrected chi connectivity index (χ3v) is 4.07. The molecule has 0 aliphatic carbocycles. The van der Waals surface area contributed by atoms with Crippen molar-refractivity contribution in [1.29, 1.82) is 0 Å². The van der Waals surface area contributed by atoms with E-state index in [4.69, 9.17) is 0 Å². The van der Waals surface area contributed by atoms with E-state index in [0.717, 1.165) is 0 Å². The maximum Gasteiger partial charge on any atom is 0.155 e. The second kappa shape index (κ2) is 3.51. The van der Waals surface area contributed by atoms with Gasteiger partial charge in [0.15, 0.2) is 9.84 Å². The molecular weight excluding hydrogens is 166 g/mol. The lowest BCUT2D eigenvalue weighted by Crippen LogP contribution is -2.44. The first-order chi connectivity index (χ1) is 5.17. The average Bonchev–Trinajstić information content (AvgIpc) is 1.94. The second-order valence-electron chi connectivity index (χ2n) is 2.69. The Labute approximate surface area is 66.5 Å². The molecule has 0 spiro atoms. The molecule has 0 bridgehead atoms. The number of hydrogen-bond donors (Lipinski definition) is 1. The number of sulfone groups is 1. The van der Waals surface area contributed by atoms with E-state index in [2.05, 4.69) is 5.32 Å². The summed E-state index contributed by atoms with van der Waals surface area (Å²) in [5.74, 6) is 0.178. The van der Waals surface area contributed by atoms with E-state index in [1.54, 1.807) is 0 Å². The third kappa shape index (κ3) is 2.15. The summed E-state index contributed by atoms with van der Waals surface area (Å²) < 4.78 is 22.4. The smallest absolute Gasteiger partial charge is 0.155 e. The van der Waals surface area contributed by atoms with Crippen molar-refractivity contribution in [2.24, 2.45) is 0 Å². The Hall–Kier alpha value is -0.130. The summed E-state index contributed by atoms with van der Waals surface area (Å²) in [6.07, 6.45) is 0.245. The molecule has 1 aliphatic heterocycles. The van der Waals surface area contributed by atoms with Crippen LogP contribution in [0.4, 0.5) is 0 Å². The molecule has 11 heavy (non-hydrogen) atoms. The molecule has 1 radical (unpaired) electrons. The summed E-state index contributed by atoms with van der Waals surface area (Å²) >= 11 is 0. The van der Waals surface area contributed by atoms with Gasteiger partial charge in [0.25, 0.3) is 0 Å². The van der Waals surface area contributed by atoms with Gasteiger partial charge in [-0.3, -0.25) is 0 Å². The van der Waals surface area contributed by atoms with Gasteiger partial charge < -0.3 is 5.32 Å². The van der Waals surface area contributed by atoms with E-state index in [1.165, 1.54) is 0 Å². The normalized spacial score (nSPS) is 30.1. The minimum absolute atomic E-state index is 0.178. The quantitative estimate of drug-likeness (QED) is 0.601. The molecule has 0 aromatic heterocycles. The van der Waals surface area contributed by atoms with Crippen molar-refractivity contribution in [3.8, 4) is 0 Å². The first-order valence-electron chi connectivity index (χ1n) is 3.67. The highest BCUT2D eigenvalue weighted by Crippen LogP contribution is 2.09. The van der Waals surface area contributed by atoms with Gasteiger partial charge in [-0.25, -0.2) is 13.5 Å². The van der Waals surface area contributed by atoms with Crippen molar-refractivity contribution < 1.29 is 13.5 Å². The molecule has 5 heteroatoms. The number of nitrogens with one attached hydrogen (secondary N) is 1. The van der Waals surface area contributed by atoms with Crippen LogP contribution in [0, 0.1) is 0 Å². The van der Waals surface area contributed by atoms with Gasteiger partial charge in [-0.05, 0) is 6.42 Å². The van der Waals surface area contributed by atoms with E-state index >= 15 is 0 Å². The Balaban J connectivity index is 2.60. The molecule has 0 saturated carbocycles. The van der Waals surface area contributed by atoms with Gasteiger partial charge in [0.1, 0.15) is 0 Å². The highest BCUT2D eigenvalue weighted by molar-refractivity contribution is 7.92. The van der Waals surface area contributed by atoms with Crippen LogP contribution in [-0.4, -0.2) is 39.1 Å². The molecule has 1 saturated heterocycles. The summed E-state index contributed by atoms with van der Waals surface area (Å²) in [7, 11) is -2.95. The zero-order chi connectivity index (χ0) is 8.32. The largest absolute Gasteiger partial charge is 0.314 e. The molecule has 1 aliphatic rings. The van der Waals surface area contributed by atoms with Crippen LogP contribution in [0.15, 0.2) is 0 Å². The van der Waals surface area contributed by atoms with Crippen LogP contribution in [0.25, 0.3) is 0 Å². The van der Waals surface area contributed by atoms with Crippen LogP contribution in [-0.2, 0) is 14.9 Å². The summed E-state index contributed by atoms with van der Waals surface area (Å²) in [5, 5.41) is 12.7. The van der Waals surface area contributed by atoms with E-state index < -0.39 is 15.1 Å². The monoisotopic (exact) mass is 178 g/mol. The molecule has 1 fully saturated rings. The molecule has 0 amide bonds. The van der Waals surface area contributed by atoms with Crippen LogP contribution in [0.5, 0.6) is 0 Å². The van der Waals surface area contributed by atoms with Gasteiger partial charge in [0, 0.05) is 13.1 Å². The lowest BCUT2D eigenvalue weighted by Gasteiger charge is -2.21. The lowest BCUT2D eigenvalue weighted by molar-refractivity contribution is 0.186. The Morgan fingerprint density at radius 1 is 1.45 bits per heavy atom. The Morgan fingerprint density at radius 2 is 2.18 bits per heavy atom. The molecule has 1 rings (SSSR count). The van der Waals surface area contributed by atoms with Crippen LogP contribution < -0.4 is 5.32 Å². The maximum absolute atomic E-state index is 11.2. The van der Waals surface area contributed by atoms with Crippen LogP contribution in [0.2, 0.25) is 0 Å². The molecule has 0 aromatic carbocycles. The van der Waals surface area contributed by atoms with E-state index in [1.807, 2.05) is 0 Å². The molecule has 4 nitrogen and oxygen atoms in total. The molecular formula is C6H12NO3S. The highest BCUT2D eigenvalue weighted by Gasteiger charge is 2.27. The first kappa shape index (κ1) is 8.96. The average molecular weight is 178 g/mol. The second-order valence-corrected chi connectivity index (χ2v) is 5.09. The van der Waals surface area contributed by atoms with Crippen molar-refractivity contribution in [1.82, 2.24) is 5.32 Å². The Morgan fingerprint density at radius 3 is 2.73 bits per heavy atom. The van der Waals surface area contributed by atoms with E-state index in [0.29, 0.717) is 13.1 Å². The van der Waals surface area contributed by atoms with Gasteiger partial charge in [-0.1, -0.05) is 0 Å². The number of hydrogen-bond acceptors (Lipinski definition) is 3. The molecule has 65 valence electrons. The van der Waals surface area contributed by atoms with Gasteiger partial charge >= 0.3 is 0 Å². The fourth-order valence-electron chi connectivity index (χ4n) is 1.18. The first-order valence-corrected chi connectivity index (χ1v) is 5.39.